The summed E-state index contributed by atoms with van der Waals surface area (Å²) in [5.41, 5.74) is 8.24. The summed E-state index contributed by atoms with van der Waals surface area (Å²) in [6.07, 6.45) is 5.36. The molecule has 0 bridgehead atoms. The van der Waals surface area contributed by atoms with Gasteiger partial charge < -0.3 is 0 Å². The normalized spacial score (nSPS) is 17.9. The van der Waals surface area contributed by atoms with Gasteiger partial charge in [0, 0.05) is 0 Å². The van der Waals surface area contributed by atoms with E-state index in [0.717, 1.165) is 0 Å². The van der Waals surface area contributed by atoms with E-state index in [0.29, 0.717) is 0 Å². The second kappa shape index (κ2) is 1.69. The smallest absolute Gasteiger partial charge is 0.0233 e. The van der Waals surface area contributed by atoms with Crippen molar-refractivity contribution in [1.29, 1.82) is 0 Å². The zero-order valence-electron chi connectivity index (χ0n) is 6.91. The Balaban J connectivity index is 2.34. The Kier molecular flexibility index (Phi) is 0.892. The standard InChI is InChI=1S/C11H12/c1-7-10-4-2-8(10)6-9-3-5-11(7)9/h6H,2-5H2,1H3. The summed E-state index contributed by atoms with van der Waals surface area (Å²) in [7, 11) is 0. The van der Waals surface area contributed by atoms with Crippen LogP contribution in [0.4, 0.5) is 0 Å². The maximum Gasteiger partial charge on any atom is -0.0233 e. The van der Waals surface area contributed by atoms with Gasteiger partial charge in [0.15, 0.2) is 0 Å². The predicted molar refractivity (Wildman–Crippen MR) is 46.0 cm³/mol. The average Bonchev–Trinajstić information content (AvgIpc) is 1.80. The molecule has 0 aliphatic heterocycles. The van der Waals surface area contributed by atoms with Crippen LogP contribution in [0.5, 0.6) is 0 Å². The molecule has 0 amide bonds. The molecule has 1 aromatic carbocycles. The number of aryl methyl sites for hydroxylation is 2. The summed E-state index contributed by atoms with van der Waals surface area (Å²) in [4.78, 5) is 0. The Morgan fingerprint density at radius 3 is 1.82 bits per heavy atom. The van der Waals surface area contributed by atoms with E-state index in [-0.39, 0.29) is 0 Å². The largest absolute Gasteiger partial charge is 0.0552 e. The quantitative estimate of drug-likeness (QED) is 0.523. The lowest BCUT2D eigenvalue weighted by atomic mass is 9.75. The van der Waals surface area contributed by atoms with Crippen molar-refractivity contribution in [3.63, 3.8) is 0 Å². The van der Waals surface area contributed by atoms with Crippen LogP contribution in [0.2, 0.25) is 0 Å². The van der Waals surface area contributed by atoms with Crippen LogP contribution in [0.25, 0.3) is 0 Å². The highest BCUT2D eigenvalue weighted by Gasteiger charge is 2.24. The summed E-state index contributed by atoms with van der Waals surface area (Å²) in [6.45, 7) is 2.30. The van der Waals surface area contributed by atoms with Gasteiger partial charge in [-0.2, -0.15) is 0 Å². The second-order valence-corrected chi connectivity index (χ2v) is 3.78. The molecule has 0 saturated carbocycles. The Labute approximate surface area is 67.2 Å². The summed E-state index contributed by atoms with van der Waals surface area (Å²) in [6, 6.07) is 2.44. The van der Waals surface area contributed by atoms with E-state index in [1.165, 1.54) is 25.7 Å². The van der Waals surface area contributed by atoms with Crippen LogP contribution in [0, 0.1) is 6.92 Å². The lowest BCUT2D eigenvalue weighted by molar-refractivity contribution is 0.759. The van der Waals surface area contributed by atoms with E-state index >= 15 is 0 Å². The monoisotopic (exact) mass is 144 g/mol. The third-order valence-corrected chi connectivity index (χ3v) is 3.32. The van der Waals surface area contributed by atoms with Gasteiger partial charge in [0.05, 0.1) is 0 Å². The molecular formula is C11H12. The fourth-order valence-corrected chi connectivity index (χ4v) is 2.36. The molecule has 0 fully saturated rings. The van der Waals surface area contributed by atoms with Crippen LogP contribution in [-0.2, 0) is 25.7 Å². The minimum atomic E-state index is 1.34. The molecule has 0 spiro atoms. The van der Waals surface area contributed by atoms with E-state index in [9.17, 15) is 0 Å². The first-order valence-corrected chi connectivity index (χ1v) is 4.49. The molecule has 0 radical (unpaired) electrons. The van der Waals surface area contributed by atoms with Crippen LogP contribution in [0.1, 0.15) is 27.8 Å². The molecule has 1 aromatic rings. The Morgan fingerprint density at radius 2 is 1.45 bits per heavy atom. The third kappa shape index (κ3) is 0.563. The van der Waals surface area contributed by atoms with Crippen molar-refractivity contribution in [2.24, 2.45) is 0 Å². The van der Waals surface area contributed by atoms with Crippen molar-refractivity contribution in [2.45, 2.75) is 32.6 Å². The van der Waals surface area contributed by atoms with E-state index < -0.39 is 0 Å². The summed E-state index contributed by atoms with van der Waals surface area (Å²) < 4.78 is 0. The van der Waals surface area contributed by atoms with E-state index in [1.54, 1.807) is 27.8 Å². The van der Waals surface area contributed by atoms with Crippen molar-refractivity contribution in [1.82, 2.24) is 0 Å². The fraction of sp³-hybridized carbons (Fsp3) is 0.455. The number of benzene rings is 1. The molecule has 11 heavy (non-hydrogen) atoms. The van der Waals surface area contributed by atoms with Crippen molar-refractivity contribution in [3.8, 4) is 0 Å². The van der Waals surface area contributed by atoms with Crippen LogP contribution < -0.4 is 0 Å². The fourth-order valence-electron chi connectivity index (χ4n) is 2.36. The molecular weight excluding hydrogens is 132 g/mol. The number of hydrogen-bond acceptors (Lipinski definition) is 0. The van der Waals surface area contributed by atoms with Crippen molar-refractivity contribution >= 4 is 0 Å². The molecule has 0 N–H and O–H groups in total. The molecule has 0 nitrogen and oxygen atoms in total. The zero-order valence-corrected chi connectivity index (χ0v) is 6.91. The highest BCUT2D eigenvalue weighted by Crippen LogP contribution is 2.36. The second-order valence-electron chi connectivity index (χ2n) is 3.78. The molecule has 3 rings (SSSR count). The van der Waals surface area contributed by atoms with Gasteiger partial charge in [-0.15, -0.1) is 0 Å². The number of fused-ring (bicyclic) bond motifs is 2. The van der Waals surface area contributed by atoms with Crippen LogP contribution in [-0.4, -0.2) is 0 Å². The molecule has 56 valence electrons. The van der Waals surface area contributed by atoms with Crippen molar-refractivity contribution < 1.29 is 0 Å². The van der Waals surface area contributed by atoms with Gasteiger partial charge in [0.2, 0.25) is 0 Å². The summed E-state index contributed by atoms with van der Waals surface area (Å²) in [5, 5.41) is 0. The Bertz CT molecular complexity index is 304. The van der Waals surface area contributed by atoms with E-state index in [2.05, 4.69) is 13.0 Å². The molecule has 0 heterocycles. The minimum Gasteiger partial charge on any atom is -0.0552 e. The Hall–Kier alpha value is -0.780. The maximum absolute atomic E-state index is 2.44. The van der Waals surface area contributed by atoms with Crippen molar-refractivity contribution in [3.05, 3.63) is 33.9 Å². The first kappa shape index (κ1) is 5.82. The number of rotatable bonds is 0. The van der Waals surface area contributed by atoms with Gasteiger partial charge in [-0.25, -0.2) is 0 Å². The third-order valence-electron chi connectivity index (χ3n) is 3.32. The van der Waals surface area contributed by atoms with Crippen LogP contribution in [0.15, 0.2) is 6.07 Å². The average molecular weight is 144 g/mol. The first-order valence-electron chi connectivity index (χ1n) is 4.49. The molecule has 0 aromatic heterocycles. The van der Waals surface area contributed by atoms with Gasteiger partial charge in [0.1, 0.15) is 0 Å². The summed E-state index contributed by atoms with van der Waals surface area (Å²) >= 11 is 0. The highest BCUT2D eigenvalue weighted by atomic mass is 14.3. The van der Waals surface area contributed by atoms with Gasteiger partial charge in [0.25, 0.3) is 0 Å². The lowest BCUT2D eigenvalue weighted by Gasteiger charge is -2.30. The SMILES string of the molecule is Cc1c2c(cc3c1CC3)CC2. The minimum absolute atomic E-state index is 1.34. The van der Waals surface area contributed by atoms with Gasteiger partial charge in [-0.1, -0.05) is 6.07 Å². The topological polar surface area (TPSA) is 0 Å². The lowest BCUT2D eigenvalue weighted by Crippen LogP contribution is -2.19. The predicted octanol–water partition coefficient (Wildman–Crippen LogP) is 2.19. The van der Waals surface area contributed by atoms with Crippen LogP contribution >= 0.6 is 0 Å². The molecule has 0 heteroatoms. The van der Waals surface area contributed by atoms with E-state index in [4.69, 9.17) is 0 Å². The van der Waals surface area contributed by atoms with Gasteiger partial charge >= 0.3 is 0 Å². The molecule has 0 saturated heterocycles. The summed E-state index contributed by atoms with van der Waals surface area (Å²) in [5.74, 6) is 0. The highest BCUT2D eigenvalue weighted by molar-refractivity contribution is 5.53. The van der Waals surface area contributed by atoms with Crippen LogP contribution in [0.3, 0.4) is 0 Å². The molecule has 2 aliphatic rings. The molecule has 0 atom stereocenters. The van der Waals surface area contributed by atoms with Crippen molar-refractivity contribution in [2.75, 3.05) is 0 Å². The van der Waals surface area contributed by atoms with E-state index in [1.807, 2.05) is 0 Å². The molecule has 2 aliphatic carbocycles. The van der Waals surface area contributed by atoms with Gasteiger partial charge in [-0.3, -0.25) is 0 Å². The van der Waals surface area contributed by atoms with Gasteiger partial charge in [-0.05, 0) is 60.4 Å². The zero-order chi connectivity index (χ0) is 7.42. The Morgan fingerprint density at radius 1 is 0.909 bits per heavy atom. The molecule has 0 unspecified atom stereocenters. The first-order chi connectivity index (χ1) is 5.36. The number of hydrogen-bond donors (Lipinski definition) is 0. The maximum atomic E-state index is 2.44.